The van der Waals surface area contributed by atoms with Crippen molar-refractivity contribution in [2.45, 2.75) is 19.3 Å². The molecule has 0 spiro atoms. The summed E-state index contributed by atoms with van der Waals surface area (Å²) < 4.78 is 0. The summed E-state index contributed by atoms with van der Waals surface area (Å²) in [4.78, 5) is 4.60. The van der Waals surface area contributed by atoms with Crippen LogP contribution in [-0.2, 0) is 0 Å². The standard InChI is InChI=1S/C21H26N2/c1-17(18-7-11-20(12-8-18)22(2)3)19-9-13-21(14-10-19)23-15-5-4-6-16-23/h7-14H,1,4-6,15-16H2,2-3H3. The molecule has 0 saturated carbocycles. The van der Waals surface area contributed by atoms with E-state index in [4.69, 9.17) is 0 Å². The van der Waals surface area contributed by atoms with E-state index >= 15 is 0 Å². The van der Waals surface area contributed by atoms with Crippen molar-refractivity contribution in [2.24, 2.45) is 0 Å². The first kappa shape index (κ1) is 15.7. The van der Waals surface area contributed by atoms with E-state index in [1.165, 1.54) is 54.9 Å². The highest BCUT2D eigenvalue weighted by Gasteiger charge is 2.11. The third-order valence-electron chi connectivity index (χ3n) is 4.67. The van der Waals surface area contributed by atoms with E-state index in [-0.39, 0.29) is 0 Å². The van der Waals surface area contributed by atoms with Crippen LogP contribution in [0.2, 0.25) is 0 Å². The number of anilines is 2. The molecule has 23 heavy (non-hydrogen) atoms. The molecule has 1 saturated heterocycles. The van der Waals surface area contributed by atoms with Crippen LogP contribution in [0.5, 0.6) is 0 Å². The highest BCUT2D eigenvalue weighted by atomic mass is 15.1. The summed E-state index contributed by atoms with van der Waals surface area (Å²) in [6, 6.07) is 17.5. The third-order valence-corrected chi connectivity index (χ3v) is 4.67. The van der Waals surface area contributed by atoms with Gasteiger partial charge in [-0.1, -0.05) is 30.8 Å². The lowest BCUT2D eigenvalue weighted by molar-refractivity contribution is 0.578. The molecule has 0 radical (unpaired) electrons. The average Bonchev–Trinajstić information content (AvgIpc) is 2.62. The predicted molar refractivity (Wildman–Crippen MR) is 101 cm³/mol. The lowest BCUT2D eigenvalue weighted by atomic mass is 9.99. The fraction of sp³-hybridized carbons (Fsp3) is 0.333. The van der Waals surface area contributed by atoms with E-state index < -0.39 is 0 Å². The number of hydrogen-bond donors (Lipinski definition) is 0. The highest BCUT2D eigenvalue weighted by Crippen LogP contribution is 2.26. The summed E-state index contributed by atoms with van der Waals surface area (Å²) in [7, 11) is 4.12. The van der Waals surface area contributed by atoms with Crippen molar-refractivity contribution in [3.8, 4) is 0 Å². The molecule has 0 atom stereocenters. The van der Waals surface area contributed by atoms with E-state index in [0.717, 1.165) is 5.57 Å². The van der Waals surface area contributed by atoms with Crippen LogP contribution in [-0.4, -0.2) is 27.2 Å². The Balaban J connectivity index is 1.74. The van der Waals surface area contributed by atoms with Crippen molar-refractivity contribution in [1.82, 2.24) is 0 Å². The molecule has 120 valence electrons. The molecule has 0 bridgehead atoms. The first-order valence-corrected chi connectivity index (χ1v) is 8.47. The molecule has 2 heteroatoms. The van der Waals surface area contributed by atoms with Gasteiger partial charge in [0.1, 0.15) is 0 Å². The van der Waals surface area contributed by atoms with Gasteiger partial charge in [0.25, 0.3) is 0 Å². The Morgan fingerprint density at radius 3 is 1.87 bits per heavy atom. The fourth-order valence-corrected chi connectivity index (χ4v) is 3.15. The third kappa shape index (κ3) is 3.58. The van der Waals surface area contributed by atoms with Crippen LogP contribution in [0.15, 0.2) is 55.1 Å². The number of hydrogen-bond acceptors (Lipinski definition) is 2. The van der Waals surface area contributed by atoms with Gasteiger partial charge in [0, 0.05) is 38.6 Å². The summed E-state index contributed by atoms with van der Waals surface area (Å²) >= 11 is 0. The molecule has 1 heterocycles. The van der Waals surface area contributed by atoms with Crippen LogP contribution in [0.3, 0.4) is 0 Å². The van der Waals surface area contributed by atoms with E-state index in [1.807, 2.05) is 0 Å². The molecule has 1 aliphatic rings. The maximum Gasteiger partial charge on any atom is 0.0366 e. The molecule has 1 fully saturated rings. The first-order chi connectivity index (χ1) is 11.1. The van der Waals surface area contributed by atoms with Gasteiger partial charge >= 0.3 is 0 Å². The average molecular weight is 306 g/mol. The normalized spacial score (nSPS) is 14.6. The minimum atomic E-state index is 1.08. The van der Waals surface area contributed by atoms with Crippen LogP contribution in [0.1, 0.15) is 30.4 Å². The lowest BCUT2D eigenvalue weighted by Crippen LogP contribution is -2.29. The Bertz CT molecular complexity index is 647. The zero-order valence-corrected chi connectivity index (χ0v) is 14.3. The Morgan fingerprint density at radius 1 is 0.826 bits per heavy atom. The Hall–Kier alpha value is -2.22. The summed E-state index contributed by atoms with van der Waals surface area (Å²) in [5.74, 6) is 0. The SMILES string of the molecule is C=C(c1ccc(N(C)C)cc1)c1ccc(N2CCCCC2)cc1. The highest BCUT2D eigenvalue weighted by molar-refractivity contribution is 5.79. The van der Waals surface area contributed by atoms with Gasteiger partial charge in [-0.25, -0.2) is 0 Å². The van der Waals surface area contributed by atoms with Crippen LogP contribution >= 0.6 is 0 Å². The topological polar surface area (TPSA) is 6.48 Å². The zero-order chi connectivity index (χ0) is 16.2. The summed E-state index contributed by atoms with van der Waals surface area (Å²) in [5.41, 5.74) is 6.01. The maximum absolute atomic E-state index is 4.28. The van der Waals surface area contributed by atoms with Gasteiger partial charge in [-0.3, -0.25) is 0 Å². The number of piperidine rings is 1. The molecule has 0 amide bonds. The molecule has 0 unspecified atom stereocenters. The monoisotopic (exact) mass is 306 g/mol. The molecular weight excluding hydrogens is 280 g/mol. The molecule has 2 aromatic rings. The van der Waals surface area contributed by atoms with Gasteiger partial charge in [0.05, 0.1) is 0 Å². The predicted octanol–water partition coefficient (Wildman–Crippen LogP) is 4.80. The second-order valence-electron chi connectivity index (χ2n) is 6.51. The Labute approximate surface area is 140 Å². The van der Waals surface area contributed by atoms with Crippen LogP contribution in [0.25, 0.3) is 5.57 Å². The van der Waals surface area contributed by atoms with Crippen LogP contribution in [0, 0.1) is 0 Å². The van der Waals surface area contributed by atoms with E-state index in [1.54, 1.807) is 0 Å². The second kappa shape index (κ2) is 6.91. The first-order valence-electron chi connectivity index (χ1n) is 8.47. The van der Waals surface area contributed by atoms with Gasteiger partial charge in [-0.2, -0.15) is 0 Å². The van der Waals surface area contributed by atoms with Crippen LogP contribution < -0.4 is 9.80 Å². The van der Waals surface area contributed by atoms with Gasteiger partial charge in [-0.05, 0) is 60.2 Å². The second-order valence-corrected chi connectivity index (χ2v) is 6.51. The molecule has 0 aliphatic carbocycles. The summed E-state index contributed by atoms with van der Waals surface area (Å²) in [6.45, 7) is 6.66. The fourth-order valence-electron chi connectivity index (χ4n) is 3.15. The largest absolute Gasteiger partial charge is 0.378 e. The van der Waals surface area contributed by atoms with E-state index in [2.05, 4.69) is 79.0 Å². The zero-order valence-electron chi connectivity index (χ0n) is 14.3. The van der Waals surface area contributed by atoms with Crippen LogP contribution in [0.4, 0.5) is 11.4 Å². The minimum Gasteiger partial charge on any atom is -0.378 e. The van der Waals surface area contributed by atoms with Gasteiger partial charge in [-0.15, -0.1) is 0 Å². The van der Waals surface area contributed by atoms with Crippen molar-refractivity contribution in [2.75, 3.05) is 37.0 Å². The summed E-state index contributed by atoms with van der Waals surface area (Å²) in [5, 5.41) is 0. The molecule has 0 N–H and O–H groups in total. The quantitative estimate of drug-likeness (QED) is 0.800. The number of benzene rings is 2. The number of rotatable bonds is 4. The van der Waals surface area contributed by atoms with E-state index in [9.17, 15) is 0 Å². The van der Waals surface area contributed by atoms with Crippen molar-refractivity contribution in [3.05, 3.63) is 66.2 Å². The lowest BCUT2D eigenvalue weighted by Gasteiger charge is -2.29. The number of nitrogens with zero attached hydrogens (tertiary/aromatic N) is 2. The maximum atomic E-state index is 4.28. The van der Waals surface area contributed by atoms with Crippen molar-refractivity contribution in [1.29, 1.82) is 0 Å². The Morgan fingerprint density at radius 2 is 1.35 bits per heavy atom. The van der Waals surface area contributed by atoms with Gasteiger partial charge < -0.3 is 9.80 Å². The minimum absolute atomic E-state index is 1.08. The van der Waals surface area contributed by atoms with Gasteiger partial charge in [0.2, 0.25) is 0 Å². The molecular formula is C21H26N2. The van der Waals surface area contributed by atoms with Crippen molar-refractivity contribution < 1.29 is 0 Å². The van der Waals surface area contributed by atoms with Crippen molar-refractivity contribution >= 4 is 16.9 Å². The van der Waals surface area contributed by atoms with Gasteiger partial charge in [0.15, 0.2) is 0 Å². The molecule has 2 nitrogen and oxygen atoms in total. The Kier molecular flexibility index (Phi) is 4.71. The molecule has 2 aromatic carbocycles. The summed E-state index contributed by atoms with van der Waals surface area (Å²) in [6.07, 6.45) is 3.99. The van der Waals surface area contributed by atoms with Crippen molar-refractivity contribution in [3.63, 3.8) is 0 Å². The molecule has 3 rings (SSSR count). The smallest absolute Gasteiger partial charge is 0.0366 e. The van der Waals surface area contributed by atoms with E-state index in [0.29, 0.717) is 0 Å². The molecule has 0 aromatic heterocycles. The molecule has 1 aliphatic heterocycles.